The highest BCUT2D eigenvalue weighted by Gasteiger charge is 2.00. The van der Waals surface area contributed by atoms with Gasteiger partial charge in [-0.2, -0.15) is 0 Å². The fourth-order valence-electron chi connectivity index (χ4n) is 2.51. The maximum atomic E-state index is 11.7. The Morgan fingerprint density at radius 2 is 1.64 bits per heavy atom. The number of hydrogen-bond acceptors (Lipinski definition) is 2. The summed E-state index contributed by atoms with van der Waals surface area (Å²) in [5, 5.41) is 0. The summed E-state index contributed by atoms with van der Waals surface area (Å²) in [5.74, 6) is 0.263. The molecule has 1 heterocycles. The maximum Gasteiger partial charge on any atom is 0.155 e. The van der Waals surface area contributed by atoms with E-state index in [0.717, 1.165) is 12.8 Å². The third-order valence-electron chi connectivity index (χ3n) is 3.92. The van der Waals surface area contributed by atoms with Crippen LogP contribution in [-0.2, 0) is 11.2 Å². The highest BCUT2D eigenvalue weighted by Crippen LogP contribution is 2.20. The van der Waals surface area contributed by atoms with Crippen LogP contribution in [0.1, 0.15) is 87.8 Å². The number of ketones is 1. The molecule has 124 valence electrons. The molecule has 0 bridgehead atoms. The smallest absolute Gasteiger partial charge is 0.155 e. The van der Waals surface area contributed by atoms with Crippen LogP contribution in [0, 0.1) is 0 Å². The summed E-state index contributed by atoms with van der Waals surface area (Å²) in [6.45, 7) is 4.42. The van der Waals surface area contributed by atoms with Crippen LogP contribution in [0.2, 0.25) is 0 Å². The first-order valence-corrected chi connectivity index (χ1v) is 9.87. The molecule has 0 saturated heterocycles. The molecule has 1 rings (SSSR count). The molecule has 0 N–H and O–H groups in total. The maximum absolute atomic E-state index is 11.7. The lowest BCUT2D eigenvalue weighted by molar-refractivity contribution is -0.114. The molecule has 0 aromatic carbocycles. The lowest BCUT2D eigenvalue weighted by atomic mass is 10.1. The average Bonchev–Trinajstić information content (AvgIpc) is 2.97. The number of allylic oxidation sites excluding steroid dienone is 1. The largest absolute Gasteiger partial charge is 0.295 e. The fraction of sp³-hybridized carbons (Fsp3) is 0.650. The molecule has 0 aliphatic rings. The van der Waals surface area contributed by atoms with Gasteiger partial charge in [0.2, 0.25) is 0 Å². The molecule has 0 aliphatic carbocycles. The Kier molecular flexibility index (Phi) is 11.0. The predicted molar refractivity (Wildman–Crippen MR) is 99.6 cm³/mol. The molecule has 0 aliphatic heterocycles. The van der Waals surface area contributed by atoms with Crippen LogP contribution in [0.5, 0.6) is 0 Å². The zero-order chi connectivity index (χ0) is 16.0. The number of aryl methyl sites for hydroxylation is 1. The van der Waals surface area contributed by atoms with Gasteiger partial charge in [0, 0.05) is 16.2 Å². The van der Waals surface area contributed by atoms with Gasteiger partial charge in [-0.1, -0.05) is 58.8 Å². The van der Waals surface area contributed by atoms with Crippen molar-refractivity contribution in [2.24, 2.45) is 0 Å². The standard InChI is InChI=1S/C20H32OS/c1-3-5-7-8-9-11-13-19-16-17-20(22-19)15-14-18(21)12-10-6-4-2/h14-17H,3-13H2,1-2H3. The van der Waals surface area contributed by atoms with E-state index < -0.39 is 0 Å². The lowest BCUT2D eigenvalue weighted by Crippen LogP contribution is -1.91. The molecular weight excluding hydrogens is 288 g/mol. The minimum atomic E-state index is 0.263. The van der Waals surface area contributed by atoms with Crippen LogP contribution >= 0.6 is 11.3 Å². The van der Waals surface area contributed by atoms with E-state index in [1.165, 1.54) is 61.1 Å². The molecule has 1 aromatic heterocycles. The summed E-state index contributed by atoms with van der Waals surface area (Å²) in [6.07, 6.45) is 17.1. The number of rotatable bonds is 13. The van der Waals surface area contributed by atoms with Crippen LogP contribution in [0.15, 0.2) is 18.2 Å². The molecule has 0 atom stereocenters. The van der Waals surface area contributed by atoms with Gasteiger partial charge in [0.15, 0.2) is 5.78 Å². The van der Waals surface area contributed by atoms with Crippen molar-refractivity contribution in [2.75, 3.05) is 0 Å². The molecule has 0 unspecified atom stereocenters. The van der Waals surface area contributed by atoms with E-state index in [4.69, 9.17) is 0 Å². The Hall–Kier alpha value is -0.890. The first-order valence-electron chi connectivity index (χ1n) is 9.06. The molecule has 22 heavy (non-hydrogen) atoms. The van der Waals surface area contributed by atoms with E-state index >= 15 is 0 Å². The molecule has 0 saturated carbocycles. The van der Waals surface area contributed by atoms with Crippen molar-refractivity contribution in [1.82, 2.24) is 0 Å². The van der Waals surface area contributed by atoms with Crippen molar-refractivity contribution >= 4 is 23.2 Å². The summed E-state index contributed by atoms with van der Waals surface area (Å²) >= 11 is 1.83. The van der Waals surface area contributed by atoms with Gasteiger partial charge < -0.3 is 0 Å². The van der Waals surface area contributed by atoms with E-state index in [-0.39, 0.29) is 5.78 Å². The van der Waals surface area contributed by atoms with Gasteiger partial charge in [0.25, 0.3) is 0 Å². The van der Waals surface area contributed by atoms with Crippen molar-refractivity contribution in [1.29, 1.82) is 0 Å². The number of carbonyl (C=O) groups is 1. The van der Waals surface area contributed by atoms with Crippen LogP contribution in [0.25, 0.3) is 6.08 Å². The summed E-state index contributed by atoms with van der Waals surface area (Å²) in [7, 11) is 0. The first kappa shape index (κ1) is 19.2. The van der Waals surface area contributed by atoms with Gasteiger partial charge in [0.05, 0.1) is 0 Å². The van der Waals surface area contributed by atoms with Crippen molar-refractivity contribution in [3.8, 4) is 0 Å². The minimum Gasteiger partial charge on any atom is -0.295 e. The van der Waals surface area contributed by atoms with E-state index in [1.54, 1.807) is 6.08 Å². The van der Waals surface area contributed by atoms with E-state index in [9.17, 15) is 4.79 Å². The number of thiophene rings is 1. The second-order valence-electron chi connectivity index (χ2n) is 6.08. The number of hydrogen-bond donors (Lipinski definition) is 0. The Labute approximate surface area is 140 Å². The minimum absolute atomic E-state index is 0.263. The average molecular weight is 321 g/mol. The van der Waals surface area contributed by atoms with Crippen LogP contribution in [0.3, 0.4) is 0 Å². The summed E-state index contributed by atoms with van der Waals surface area (Å²) in [6, 6.07) is 4.37. The zero-order valence-electron chi connectivity index (χ0n) is 14.4. The van der Waals surface area contributed by atoms with Gasteiger partial charge >= 0.3 is 0 Å². The van der Waals surface area contributed by atoms with E-state index in [0.29, 0.717) is 6.42 Å². The monoisotopic (exact) mass is 320 g/mol. The highest BCUT2D eigenvalue weighted by molar-refractivity contribution is 7.12. The number of carbonyl (C=O) groups excluding carboxylic acids is 1. The predicted octanol–water partition coefficient (Wildman–Crippen LogP) is 6.81. The Balaban J connectivity index is 2.21. The molecule has 1 aromatic rings. The second-order valence-corrected chi connectivity index (χ2v) is 7.28. The van der Waals surface area contributed by atoms with Gasteiger partial charge in [0.1, 0.15) is 0 Å². The fourth-order valence-corrected chi connectivity index (χ4v) is 3.46. The quantitative estimate of drug-likeness (QED) is 0.288. The second kappa shape index (κ2) is 12.6. The van der Waals surface area contributed by atoms with E-state index in [1.807, 2.05) is 17.4 Å². The van der Waals surface area contributed by atoms with Crippen molar-refractivity contribution in [3.63, 3.8) is 0 Å². The SMILES string of the molecule is CCCCCCCCc1ccc(C=CC(=O)CCCCC)s1. The highest BCUT2D eigenvalue weighted by atomic mass is 32.1. The zero-order valence-corrected chi connectivity index (χ0v) is 15.2. The Bertz CT molecular complexity index is 431. The molecule has 0 amide bonds. The number of unbranched alkanes of at least 4 members (excludes halogenated alkanes) is 7. The van der Waals surface area contributed by atoms with Gasteiger partial charge in [-0.3, -0.25) is 4.79 Å². The van der Waals surface area contributed by atoms with E-state index in [2.05, 4.69) is 26.0 Å². The van der Waals surface area contributed by atoms with Crippen molar-refractivity contribution in [2.45, 2.75) is 84.5 Å². The van der Waals surface area contributed by atoms with Crippen LogP contribution in [-0.4, -0.2) is 5.78 Å². The van der Waals surface area contributed by atoms with Gasteiger partial charge in [-0.25, -0.2) is 0 Å². The molecule has 0 fully saturated rings. The van der Waals surface area contributed by atoms with Crippen molar-refractivity contribution in [3.05, 3.63) is 28.0 Å². The van der Waals surface area contributed by atoms with Crippen LogP contribution < -0.4 is 0 Å². The normalized spacial score (nSPS) is 11.4. The summed E-state index contributed by atoms with van der Waals surface area (Å²) < 4.78 is 0. The summed E-state index contributed by atoms with van der Waals surface area (Å²) in [5.41, 5.74) is 0. The molecule has 0 radical (unpaired) electrons. The third-order valence-corrected chi connectivity index (χ3v) is 5.03. The van der Waals surface area contributed by atoms with Gasteiger partial charge in [-0.15, -0.1) is 11.3 Å². The Morgan fingerprint density at radius 1 is 0.955 bits per heavy atom. The lowest BCUT2D eigenvalue weighted by Gasteiger charge is -1.99. The molecule has 1 nitrogen and oxygen atoms in total. The molecule has 0 spiro atoms. The topological polar surface area (TPSA) is 17.1 Å². The third kappa shape index (κ3) is 9.19. The molecular formula is C20H32OS. The van der Waals surface area contributed by atoms with Crippen LogP contribution in [0.4, 0.5) is 0 Å². The Morgan fingerprint density at radius 3 is 2.41 bits per heavy atom. The van der Waals surface area contributed by atoms with Crippen molar-refractivity contribution < 1.29 is 4.79 Å². The first-order chi connectivity index (χ1) is 10.8. The van der Waals surface area contributed by atoms with Gasteiger partial charge in [-0.05, 0) is 43.5 Å². The summed E-state index contributed by atoms with van der Waals surface area (Å²) in [4.78, 5) is 14.4. The molecule has 2 heteroatoms.